The highest BCUT2D eigenvalue weighted by molar-refractivity contribution is 6.03. The number of nitrogens with zero attached hydrogens (tertiary/aromatic N) is 2. The average molecular weight is 233 g/mol. The lowest BCUT2D eigenvalue weighted by molar-refractivity contribution is 0.101. The maximum absolute atomic E-state index is 11.8. The molecule has 88 valence electrons. The molecule has 0 bridgehead atoms. The van der Waals surface area contributed by atoms with Crippen LogP contribution in [0, 0.1) is 6.92 Å². The smallest absolute Gasteiger partial charge is 0.279 e. The Morgan fingerprint density at radius 2 is 2.24 bits per heavy atom. The van der Waals surface area contributed by atoms with Crippen LogP contribution in [0.3, 0.4) is 0 Å². The summed E-state index contributed by atoms with van der Waals surface area (Å²) in [6, 6.07) is 7.03. The number of benzene rings is 1. The first-order chi connectivity index (χ1) is 8.20. The zero-order chi connectivity index (χ0) is 12.3. The van der Waals surface area contributed by atoms with Gasteiger partial charge in [0.15, 0.2) is 5.69 Å². The number of hydrogen-bond donors (Lipinski definition) is 1. The fourth-order valence-electron chi connectivity index (χ4n) is 1.33. The third kappa shape index (κ3) is 2.41. The van der Waals surface area contributed by atoms with Gasteiger partial charge in [0.1, 0.15) is 11.4 Å². The first kappa shape index (κ1) is 11.1. The number of carbonyl (C=O) groups is 1. The van der Waals surface area contributed by atoms with Crippen LogP contribution in [-0.4, -0.2) is 23.3 Å². The summed E-state index contributed by atoms with van der Waals surface area (Å²) >= 11 is 0. The number of nitrogens with one attached hydrogen (secondary N) is 1. The minimum atomic E-state index is -0.364. The third-order valence-electron chi connectivity index (χ3n) is 2.20. The molecule has 0 unspecified atom stereocenters. The molecule has 6 heteroatoms. The maximum Gasteiger partial charge on any atom is 0.279 e. The van der Waals surface area contributed by atoms with Gasteiger partial charge >= 0.3 is 0 Å². The quantitative estimate of drug-likeness (QED) is 0.871. The molecule has 1 N–H and O–H groups in total. The molecule has 2 rings (SSSR count). The Morgan fingerprint density at radius 1 is 1.41 bits per heavy atom. The van der Waals surface area contributed by atoms with Gasteiger partial charge in [0.2, 0.25) is 0 Å². The van der Waals surface area contributed by atoms with Gasteiger partial charge in [-0.2, -0.15) is 0 Å². The van der Waals surface area contributed by atoms with Crippen molar-refractivity contribution >= 4 is 11.6 Å². The van der Waals surface area contributed by atoms with E-state index in [4.69, 9.17) is 4.74 Å². The van der Waals surface area contributed by atoms with E-state index in [1.54, 1.807) is 38.3 Å². The van der Waals surface area contributed by atoms with E-state index in [0.717, 1.165) is 0 Å². The van der Waals surface area contributed by atoms with Crippen LogP contribution in [0.15, 0.2) is 28.9 Å². The highest BCUT2D eigenvalue weighted by Gasteiger charge is 2.15. The van der Waals surface area contributed by atoms with Gasteiger partial charge in [0.25, 0.3) is 5.91 Å². The van der Waals surface area contributed by atoms with Crippen LogP contribution in [0.2, 0.25) is 0 Å². The van der Waals surface area contributed by atoms with Crippen molar-refractivity contribution in [2.45, 2.75) is 6.92 Å². The van der Waals surface area contributed by atoms with Gasteiger partial charge in [-0.15, -0.1) is 0 Å². The standard InChI is InChI=1S/C11H11N3O3/c1-7-10(14-17-13-7)11(15)12-8-4-3-5-9(6-8)16-2/h3-6H,1-2H3,(H,12,15). The lowest BCUT2D eigenvalue weighted by Crippen LogP contribution is -2.13. The fraction of sp³-hybridized carbons (Fsp3) is 0.182. The molecule has 0 saturated heterocycles. The summed E-state index contributed by atoms with van der Waals surface area (Å²) in [4.78, 5) is 11.8. The van der Waals surface area contributed by atoms with E-state index in [2.05, 4.69) is 20.3 Å². The Balaban J connectivity index is 2.16. The Bertz CT molecular complexity index is 536. The van der Waals surface area contributed by atoms with Gasteiger partial charge in [0, 0.05) is 11.8 Å². The maximum atomic E-state index is 11.8. The van der Waals surface area contributed by atoms with Crippen LogP contribution in [0.4, 0.5) is 5.69 Å². The molecule has 0 fully saturated rings. The summed E-state index contributed by atoms with van der Waals surface area (Å²) in [7, 11) is 1.56. The van der Waals surface area contributed by atoms with Crippen molar-refractivity contribution in [1.29, 1.82) is 0 Å². The number of anilines is 1. The molecule has 1 aromatic heterocycles. The van der Waals surface area contributed by atoms with Crippen molar-refractivity contribution < 1.29 is 14.2 Å². The number of carbonyl (C=O) groups excluding carboxylic acids is 1. The van der Waals surface area contributed by atoms with E-state index < -0.39 is 0 Å². The summed E-state index contributed by atoms with van der Waals surface area (Å²) in [6.07, 6.45) is 0. The normalized spacial score (nSPS) is 10.0. The van der Waals surface area contributed by atoms with E-state index in [0.29, 0.717) is 17.1 Å². The molecular weight excluding hydrogens is 222 g/mol. The van der Waals surface area contributed by atoms with Crippen molar-refractivity contribution in [3.05, 3.63) is 35.7 Å². The van der Waals surface area contributed by atoms with Gasteiger partial charge < -0.3 is 10.1 Å². The van der Waals surface area contributed by atoms with E-state index in [1.807, 2.05) is 0 Å². The molecule has 1 amide bonds. The number of methoxy groups -OCH3 is 1. The van der Waals surface area contributed by atoms with Crippen molar-refractivity contribution in [3.8, 4) is 5.75 Å². The number of aryl methyl sites for hydroxylation is 1. The summed E-state index contributed by atoms with van der Waals surface area (Å²) in [5, 5.41) is 9.74. The van der Waals surface area contributed by atoms with Crippen LogP contribution in [0.25, 0.3) is 0 Å². The Hall–Kier alpha value is -2.37. The first-order valence-corrected chi connectivity index (χ1v) is 4.95. The van der Waals surface area contributed by atoms with Crippen molar-refractivity contribution in [3.63, 3.8) is 0 Å². The number of hydrogen-bond acceptors (Lipinski definition) is 5. The molecule has 0 atom stereocenters. The van der Waals surface area contributed by atoms with E-state index in [1.165, 1.54) is 0 Å². The molecule has 1 heterocycles. The average Bonchev–Trinajstić information content (AvgIpc) is 2.76. The number of aromatic nitrogens is 2. The molecule has 1 aromatic carbocycles. The summed E-state index contributed by atoms with van der Waals surface area (Å²) in [5.74, 6) is 0.301. The molecule has 0 spiro atoms. The summed E-state index contributed by atoms with van der Waals surface area (Å²) < 4.78 is 9.52. The van der Waals surface area contributed by atoms with E-state index in [-0.39, 0.29) is 11.6 Å². The van der Waals surface area contributed by atoms with Crippen LogP contribution >= 0.6 is 0 Å². The predicted octanol–water partition coefficient (Wildman–Crippen LogP) is 1.64. The Labute approximate surface area is 97.5 Å². The lowest BCUT2D eigenvalue weighted by atomic mass is 10.2. The second-order valence-corrected chi connectivity index (χ2v) is 3.38. The molecule has 6 nitrogen and oxygen atoms in total. The molecule has 0 saturated carbocycles. The lowest BCUT2D eigenvalue weighted by Gasteiger charge is -2.05. The molecular formula is C11H11N3O3. The second-order valence-electron chi connectivity index (χ2n) is 3.38. The first-order valence-electron chi connectivity index (χ1n) is 4.95. The monoisotopic (exact) mass is 233 g/mol. The minimum Gasteiger partial charge on any atom is -0.497 e. The molecule has 0 radical (unpaired) electrons. The predicted molar refractivity (Wildman–Crippen MR) is 60.0 cm³/mol. The minimum absolute atomic E-state index is 0.174. The highest BCUT2D eigenvalue weighted by Crippen LogP contribution is 2.17. The molecule has 0 aliphatic carbocycles. The van der Waals surface area contributed by atoms with Gasteiger partial charge in [-0.05, 0) is 24.2 Å². The number of rotatable bonds is 3. The largest absolute Gasteiger partial charge is 0.497 e. The van der Waals surface area contributed by atoms with Crippen LogP contribution in [0.5, 0.6) is 5.75 Å². The van der Waals surface area contributed by atoms with Crippen LogP contribution in [0.1, 0.15) is 16.2 Å². The van der Waals surface area contributed by atoms with Gasteiger partial charge in [0.05, 0.1) is 7.11 Å². The molecule has 17 heavy (non-hydrogen) atoms. The Kier molecular flexibility index (Phi) is 3.04. The van der Waals surface area contributed by atoms with E-state index in [9.17, 15) is 4.79 Å². The molecule has 2 aromatic rings. The van der Waals surface area contributed by atoms with Gasteiger partial charge in [-0.3, -0.25) is 4.79 Å². The third-order valence-corrected chi connectivity index (χ3v) is 2.20. The van der Waals surface area contributed by atoms with Crippen molar-refractivity contribution in [2.75, 3.05) is 12.4 Å². The van der Waals surface area contributed by atoms with Gasteiger partial charge in [-0.25, -0.2) is 4.63 Å². The number of amides is 1. The van der Waals surface area contributed by atoms with Crippen molar-refractivity contribution in [2.24, 2.45) is 0 Å². The van der Waals surface area contributed by atoms with Crippen LogP contribution in [-0.2, 0) is 0 Å². The second kappa shape index (κ2) is 4.65. The Morgan fingerprint density at radius 3 is 2.88 bits per heavy atom. The van der Waals surface area contributed by atoms with E-state index >= 15 is 0 Å². The highest BCUT2D eigenvalue weighted by atomic mass is 16.6. The molecule has 0 aliphatic heterocycles. The number of ether oxygens (including phenoxy) is 1. The molecule has 0 aliphatic rings. The zero-order valence-corrected chi connectivity index (χ0v) is 9.43. The fourth-order valence-corrected chi connectivity index (χ4v) is 1.33. The van der Waals surface area contributed by atoms with Crippen molar-refractivity contribution in [1.82, 2.24) is 10.3 Å². The zero-order valence-electron chi connectivity index (χ0n) is 9.43. The van der Waals surface area contributed by atoms with Gasteiger partial charge in [-0.1, -0.05) is 11.2 Å². The topological polar surface area (TPSA) is 77.2 Å². The SMILES string of the molecule is COc1cccc(NC(=O)c2nonc2C)c1. The van der Waals surface area contributed by atoms with Crippen LogP contribution < -0.4 is 10.1 Å². The summed E-state index contributed by atoms with van der Waals surface area (Å²) in [5.41, 5.74) is 1.25. The summed E-state index contributed by atoms with van der Waals surface area (Å²) in [6.45, 7) is 1.65.